The van der Waals surface area contributed by atoms with Gasteiger partial charge in [-0.2, -0.15) is 0 Å². The Kier molecular flexibility index (Phi) is 4.40. The summed E-state index contributed by atoms with van der Waals surface area (Å²) in [6, 6.07) is 7.14. The molecule has 2 aromatic rings. The molecule has 0 saturated carbocycles. The molecule has 1 amide bonds. The molecular formula is C16H19N3O2S. The number of thiazole rings is 1. The number of carbonyl (C=O) groups excluding carboxylic acids is 1. The highest BCUT2D eigenvalue weighted by Gasteiger charge is 2.19. The minimum atomic E-state index is -0.137. The van der Waals surface area contributed by atoms with Gasteiger partial charge in [-0.3, -0.25) is 10.1 Å². The van der Waals surface area contributed by atoms with E-state index in [2.05, 4.69) is 22.2 Å². The number of nitrogens with zero attached hydrogens (tertiary/aromatic N) is 2. The fourth-order valence-corrected chi connectivity index (χ4v) is 3.50. The van der Waals surface area contributed by atoms with E-state index in [-0.39, 0.29) is 5.91 Å². The topological polar surface area (TPSA) is 54.5 Å². The van der Waals surface area contributed by atoms with E-state index in [0.717, 1.165) is 31.0 Å². The van der Waals surface area contributed by atoms with Crippen LogP contribution in [0.25, 0.3) is 0 Å². The first-order valence-electron chi connectivity index (χ1n) is 7.37. The summed E-state index contributed by atoms with van der Waals surface area (Å²) in [5.74, 6) is 0.634. The molecule has 1 aromatic carbocycles. The molecule has 0 saturated heterocycles. The summed E-state index contributed by atoms with van der Waals surface area (Å²) in [5.41, 5.74) is 1.72. The lowest BCUT2D eigenvalue weighted by Gasteiger charge is -2.20. The number of hydrogen-bond acceptors (Lipinski definition) is 5. The quantitative estimate of drug-likeness (QED) is 0.942. The SMILES string of the molecule is CCOc1ccc(C(=O)Nc2nc3c(s2)CN(C)CC3)cc1. The van der Waals surface area contributed by atoms with Crippen molar-refractivity contribution in [2.45, 2.75) is 19.9 Å². The third-order valence-electron chi connectivity index (χ3n) is 3.57. The van der Waals surface area contributed by atoms with E-state index >= 15 is 0 Å². The largest absolute Gasteiger partial charge is 0.494 e. The van der Waals surface area contributed by atoms with Crippen LogP contribution >= 0.6 is 11.3 Å². The maximum absolute atomic E-state index is 12.3. The van der Waals surface area contributed by atoms with E-state index in [1.165, 1.54) is 4.88 Å². The number of nitrogens with one attached hydrogen (secondary N) is 1. The summed E-state index contributed by atoms with van der Waals surface area (Å²) in [4.78, 5) is 20.3. The average Bonchev–Trinajstić information content (AvgIpc) is 2.89. The highest BCUT2D eigenvalue weighted by atomic mass is 32.1. The van der Waals surface area contributed by atoms with Crippen molar-refractivity contribution < 1.29 is 9.53 Å². The first-order valence-corrected chi connectivity index (χ1v) is 8.18. The third-order valence-corrected chi connectivity index (χ3v) is 4.57. The van der Waals surface area contributed by atoms with Crippen LogP contribution in [-0.2, 0) is 13.0 Å². The molecule has 1 aromatic heterocycles. The zero-order chi connectivity index (χ0) is 15.5. The summed E-state index contributed by atoms with van der Waals surface area (Å²) in [6.45, 7) is 4.47. The maximum Gasteiger partial charge on any atom is 0.257 e. The highest BCUT2D eigenvalue weighted by Crippen LogP contribution is 2.28. The molecule has 0 radical (unpaired) electrons. The van der Waals surface area contributed by atoms with Crippen LogP contribution in [0.3, 0.4) is 0 Å². The van der Waals surface area contributed by atoms with Gasteiger partial charge in [0.1, 0.15) is 5.75 Å². The Hall–Kier alpha value is -1.92. The Labute approximate surface area is 133 Å². The van der Waals surface area contributed by atoms with Crippen LogP contribution in [0.15, 0.2) is 24.3 Å². The van der Waals surface area contributed by atoms with Gasteiger partial charge in [0.05, 0.1) is 12.3 Å². The normalized spacial score (nSPS) is 14.5. The smallest absolute Gasteiger partial charge is 0.257 e. The Balaban J connectivity index is 1.69. The van der Waals surface area contributed by atoms with E-state index in [4.69, 9.17) is 4.74 Å². The lowest BCUT2D eigenvalue weighted by Crippen LogP contribution is -2.25. The second-order valence-corrected chi connectivity index (χ2v) is 6.37. The minimum Gasteiger partial charge on any atom is -0.494 e. The average molecular weight is 317 g/mol. The van der Waals surface area contributed by atoms with Gasteiger partial charge in [-0.25, -0.2) is 4.98 Å². The van der Waals surface area contributed by atoms with Crippen molar-refractivity contribution in [2.24, 2.45) is 0 Å². The minimum absolute atomic E-state index is 0.137. The molecule has 1 aliphatic rings. The van der Waals surface area contributed by atoms with Gasteiger partial charge in [0.2, 0.25) is 0 Å². The predicted octanol–water partition coefficient (Wildman–Crippen LogP) is 2.78. The predicted molar refractivity (Wildman–Crippen MR) is 87.7 cm³/mol. The third kappa shape index (κ3) is 3.28. The molecule has 0 aliphatic carbocycles. The molecular weight excluding hydrogens is 298 g/mol. The van der Waals surface area contributed by atoms with E-state index < -0.39 is 0 Å². The second kappa shape index (κ2) is 6.46. The molecule has 1 aliphatic heterocycles. The van der Waals surface area contributed by atoms with E-state index in [9.17, 15) is 4.79 Å². The van der Waals surface area contributed by atoms with Crippen LogP contribution in [-0.4, -0.2) is 36.0 Å². The monoisotopic (exact) mass is 317 g/mol. The van der Waals surface area contributed by atoms with Crippen molar-refractivity contribution in [1.29, 1.82) is 0 Å². The summed E-state index contributed by atoms with van der Waals surface area (Å²) in [6.07, 6.45) is 0.946. The van der Waals surface area contributed by atoms with Gasteiger partial charge in [-0.15, -0.1) is 11.3 Å². The van der Waals surface area contributed by atoms with Gasteiger partial charge >= 0.3 is 0 Å². The van der Waals surface area contributed by atoms with Crippen LogP contribution in [0.5, 0.6) is 5.75 Å². The molecule has 0 fully saturated rings. The lowest BCUT2D eigenvalue weighted by atomic mass is 10.2. The van der Waals surface area contributed by atoms with Gasteiger partial charge in [0, 0.05) is 30.0 Å². The van der Waals surface area contributed by atoms with Gasteiger partial charge in [0.25, 0.3) is 5.91 Å². The number of aromatic nitrogens is 1. The van der Waals surface area contributed by atoms with Gasteiger partial charge < -0.3 is 9.64 Å². The molecule has 2 heterocycles. The van der Waals surface area contributed by atoms with Gasteiger partial charge in [-0.05, 0) is 38.2 Å². The number of anilines is 1. The standard InChI is InChI=1S/C16H19N3O2S/c1-3-21-12-6-4-11(5-7-12)15(20)18-16-17-13-8-9-19(2)10-14(13)22-16/h4-7H,3,8-10H2,1-2H3,(H,17,18,20). The van der Waals surface area contributed by atoms with E-state index in [0.29, 0.717) is 17.3 Å². The summed E-state index contributed by atoms with van der Waals surface area (Å²) >= 11 is 1.56. The van der Waals surface area contributed by atoms with Gasteiger partial charge in [0.15, 0.2) is 5.13 Å². The Morgan fingerprint density at radius 2 is 2.18 bits per heavy atom. The number of hydrogen-bond donors (Lipinski definition) is 1. The number of benzene rings is 1. The Bertz CT molecular complexity index is 667. The fourth-order valence-electron chi connectivity index (χ4n) is 2.42. The number of ether oxygens (including phenoxy) is 1. The molecule has 0 unspecified atom stereocenters. The van der Waals surface area contributed by atoms with E-state index in [1.807, 2.05) is 6.92 Å². The highest BCUT2D eigenvalue weighted by molar-refractivity contribution is 7.15. The molecule has 6 heteroatoms. The summed E-state index contributed by atoms with van der Waals surface area (Å²) < 4.78 is 5.38. The van der Waals surface area contributed by atoms with Crippen molar-refractivity contribution in [3.8, 4) is 5.75 Å². The zero-order valence-corrected chi connectivity index (χ0v) is 13.6. The number of fused-ring (bicyclic) bond motifs is 1. The van der Waals surface area contributed by atoms with Crippen molar-refractivity contribution in [3.05, 3.63) is 40.4 Å². The van der Waals surface area contributed by atoms with Crippen molar-refractivity contribution >= 4 is 22.4 Å². The van der Waals surface area contributed by atoms with Crippen LogP contribution < -0.4 is 10.1 Å². The second-order valence-electron chi connectivity index (χ2n) is 5.29. The Morgan fingerprint density at radius 3 is 2.91 bits per heavy atom. The fraction of sp³-hybridized carbons (Fsp3) is 0.375. The lowest BCUT2D eigenvalue weighted by molar-refractivity contribution is 0.102. The van der Waals surface area contributed by atoms with Crippen LogP contribution in [0, 0.1) is 0 Å². The van der Waals surface area contributed by atoms with Gasteiger partial charge in [-0.1, -0.05) is 0 Å². The molecule has 116 valence electrons. The van der Waals surface area contributed by atoms with Crippen LogP contribution in [0.2, 0.25) is 0 Å². The number of rotatable bonds is 4. The molecule has 1 N–H and O–H groups in total. The number of likely N-dealkylation sites (N-methyl/N-ethyl adjacent to an activating group) is 1. The molecule has 0 bridgehead atoms. The first kappa shape index (κ1) is 15.0. The van der Waals surface area contributed by atoms with Crippen molar-refractivity contribution in [3.63, 3.8) is 0 Å². The molecule has 0 spiro atoms. The molecule has 3 rings (SSSR count). The first-order chi connectivity index (χ1) is 10.7. The van der Waals surface area contributed by atoms with Crippen LogP contribution in [0.4, 0.5) is 5.13 Å². The Morgan fingerprint density at radius 1 is 1.41 bits per heavy atom. The van der Waals surface area contributed by atoms with Crippen LogP contribution in [0.1, 0.15) is 27.9 Å². The zero-order valence-electron chi connectivity index (χ0n) is 12.8. The number of carbonyl (C=O) groups is 1. The molecule has 5 nitrogen and oxygen atoms in total. The summed E-state index contributed by atoms with van der Waals surface area (Å²) in [7, 11) is 2.10. The van der Waals surface area contributed by atoms with Crippen molar-refractivity contribution in [2.75, 3.05) is 25.5 Å². The maximum atomic E-state index is 12.3. The van der Waals surface area contributed by atoms with E-state index in [1.54, 1.807) is 35.6 Å². The summed E-state index contributed by atoms with van der Waals surface area (Å²) in [5, 5.41) is 3.57. The molecule has 22 heavy (non-hydrogen) atoms. The number of amides is 1. The van der Waals surface area contributed by atoms with Crippen molar-refractivity contribution in [1.82, 2.24) is 9.88 Å². The molecule has 0 atom stereocenters.